The van der Waals surface area contributed by atoms with Crippen LogP contribution in [0.5, 0.6) is 11.5 Å². The zero-order valence-corrected chi connectivity index (χ0v) is 15.8. The maximum atomic E-state index is 12.2. The molecular formula is C22H10N2O7. The van der Waals surface area contributed by atoms with Crippen LogP contribution in [0.4, 0.5) is 0 Å². The van der Waals surface area contributed by atoms with E-state index in [2.05, 4.69) is 9.97 Å². The first-order valence-electron chi connectivity index (χ1n) is 9.21. The Labute approximate surface area is 173 Å². The summed E-state index contributed by atoms with van der Waals surface area (Å²) in [6, 6.07) is 5.98. The fourth-order valence-electron chi connectivity index (χ4n) is 4.31. The molecule has 31 heavy (non-hydrogen) atoms. The quantitative estimate of drug-likeness (QED) is 0.437. The number of aromatic nitrogens is 2. The van der Waals surface area contributed by atoms with Crippen LogP contribution in [0, 0.1) is 0 Å². The van der Waals surface area contributed by atoms with E-state index in [4.69, 9.17) is 14.2 Å². The van der Waals surface area contributed by atoms with Crippen LogP contribution in [0.1, 0.15) is 65.0 Å². The standard InChI is InChI=1S/C22H10N2O7/c1-22(9-6-23-8-24-7-9)14-2-10-12(20(27)30-18(10)25)4-16(14)29-17-5-13-11(3-15(17)22)19(26)31-21(13)28/h2-8H,1H3. The van der Waals surface area contributed by atoms with Crippen LogP contribution in [0.25, 0.3) is 0 Å². The summed E-state index contributed by atoms with van der Waals surface area (Å²) in [7, 11) is 0. The summed E-state index contributed by atoms with van der Waals surface area (Å²) in [6.07, 6.45) is 4.60. The summed E-state index contributed by atoms with van der Waals surface area (Å²) in [5, 5.41) is 0. The number of carbonyl (C=O) groups is 4. The Hall–Kier alpha value is -4.40. The van der Waals surface area contributed by atoms with Crippen molar-refractivity contribution in [2.45, 2.75) is 12.3 Å². The lowest BCUT2D eigenvalue weighted by molar-refractivity contribution is 0.0425. The number of esters is 4. The Bertz CT molecular complexity index is 1310. The van der Waals surface area contributed by atoms with Crippen LogP contribution in [-0.2, 0) is 14.9 Å². The summed E-state index contributed by atoms with van der Waals surface area (Å²) in [4.78, 5) is 56.7. The zero-order chi connectivity index (χ0) is 21.5. The minimum Gasteiger partial charge on any atom is -0.457 e. The van der Waals surface area contributed by atoms with Crippen molar-refractivity contribution in [3.05, 3.63) is 81.9 Å². The maximum Gasteiger partial charge on any atom is 0.347 e. The summed E-state index contributed by atoms with van der Waals surface area (Å²) >= 11 is 0. The van der Waals surface area contributed by atoms with Gasteiger partial charge in [-0.2, -0.15) is 0 Å². The summed E-state index contributed by atoms with van der Waals surface area (Å²) < 4.78 is 15.5. The molecule has 6 rings (SSSR count). The number of carbonyl (C=O) groups excluding carboxylic acids is 4. The van der Waals surface area contributed by atoms with Crippen molar-refractivity contribution in [3.8, 4) is 11.5 Å². The Morgan fingerprint density at radius 1 is 0.645 bits per heavy atom. The second-order valence-corrected chi connectivity index (χ2v) is 7.50. The number of ether oxygens (including phenoxy) is 3. The van der Waals surface area contributed by atoms with Crippen LogP contribution in [0.15, 0.2) is 43.0 Å². The summed E-state index contributed by atoms with van der Waals surface area (Å²) in [5.41, 5.74) is 1.20. The molecule has 3 aliphatic heterocycles. The molecule has 4 heterocycles. The molecule has 150 valence electrons. The second-order valence-electron chi connectivity index (χ2n) is 7.50. The molecule has 9 nitrogen and oxygen atoms in total. The largest absolute Gasteiger partial charge is 0.457 e. The fourth-order valence-corrected chi connectivity index (χ4v) is 4.31. The van der Waals surface area contributed by atoms with Gasteiger partial charge in [0, 0.05) is 29.1 Å². The lowest BCUT2D eigenvalue weighted by atomic mass is 9.69. The Balaban J connectivity index is 1.69. The van der Waals surface area contributed by atoms with Gasteiger partial charge in [-0.25, -0.2) is 29.1 Å². The van der Waals surface area contributed by atoms with Gasteiger partial charge < -0.3 is 14.2 Å². The van der Waals surface area contributed by atoms with Gasteiger partial charge in [-0.05, 0) is 31.2 Å². The smallest absolute Gasteiger partial charge is 0.347 e. The topological polar surface area (TPSA) is 122 Å². The van der Waals surface area contributed by atoms with Gasteiger partial charge in [-0.3, -0.25) is 0 Å². The van der Waals surface area contributed by atoms with E-state index in [0.717, 1.165) is 0 Å². The number of hydrogen-bond acceptors (Lipinski definition) is 9. The van der Waals surface area contributed by atoms with E-state index in [0.29, 0.717) is 28.2 Å². The van der Waals surface area contributed by atoms with Crippen LogP contribution in [0.2, 0.25) is 0 Å². The lowest BCUT2D eigenvalue weighted by Crippen LogP contribution is -2.30. The highest BCUT2D eigenvalue weighted by molar-refractivity contribution is 6.16. The molecule has 0 radical (unpaired) electrons. The van der Waals surface area contributed by atoms with Crippen molar-refractivity contribution < 1.29 is 33.4 Å². The predicted octanol–water partition coefficient (Wildman–Crippen LogP) is 2.56. The molecule has 0 fully saturated rings. The number of nitrogens with zero attached hydrogens (tertiary/aromatic N) is 2. The fraction of sp³-hybridized carbons (Fsp3) is 0.0909. The molecule has 0 bridgehead atoms. The van der Waals surface area contributed by atoms with E-state index in [1.165, 1.54) is 18.5 Å². The number of benzene rings is 2. The third-order valence-electron chi connectivity index (χ3n) is 5.93. The molecule has 3 aromatic rings. The van der Waals surface area contributed by atoms with Crippen LogP contribution >= 0.6 is 0 Å². The molecule has 2 aromatic carbocycles. The molecule has 0 unspecified atom stereocenters. The highest BCUT2D eigenvalue weighted by atomic mass is 16.6. The van der Waals surface area contributed by atoms with Gasteiger partial charge in [0.15, 0.2) is 0 Å². The van der Waals surface area contributed by atoms with E-state index in [1.54, 1.807) is 24.5 Å². The average molecular weight is 414 g/mol. The first kappa shape index (κ1) is 17.5. The minimum atomic E-state index is -0.980. The first-order chi connectivity index (χ1) is 14.9. The number of cyclic esters (lactones) is 4. The van der Waals surface area contributed by atoms with Gasteiger partial charge in [-0.15, -0.1) is 0 Å². The van der Waals surface area contributed by atoms with Crippen LogP contribution < -0.4 is 4.74 Å². The SMILES string of the molecule is CC1(c2cncnc2)c2cc3c(cc2Oc2cc4c(cc21)C(=O)OC4=O)C(=O)OC3=O. The molecule has 0 spiro atoms. The van der Waals surface area contributed by atoms with Crippen molar-refractivity contribution in [2.75, 3.05) is 0 Å². The van der Waals surface area contributed by atoms with Gasteiger partial charge in [0.2, 0.25) is 0 Å². The van der Waals surface area contributed by atoms with Gasteiger partial charge in [0.1, 0.15) is 17.8 Å². The minimum absolute atomic E-state index is 0.0922. The van der Waals surface area contributed by atoms with E-state index in [1.807, 2.05) is 6.92 Å². The van der Waals surface area contributed by atoms with Gasteiger partial charge in [0.25, 0.3) is 0 Å². The third kappa shape index (κ3) is 2.14. The van der Waals surface area contributed by atoms with E-state index < -0.39 is 29.3 Å². The van der Waals surface area contributed by atoms with Gasteiger partial charge >= 0.3 is 23.9 Å². The van der Waals surface area contributed by atoms with E-state index >= 15 is 0 Å². The van der Waals surface area contributed by atoms with Crippen molar-refractivity contribution >= 4 is 23.9 Å². The molecule has 0 saturated carbocycles. The monoisotopic (exact) mass is 414 g/mol. The van der Waals surface area contributed by atoms with Crippen molar-refractivity contribution in [1.29, 1.82) is 0 Å². The Kier molecular flexibility index (Phi) is 3.15. The van der Waals surface area contributed by atoms with Gasteiger partial charge in [-0.1, -0.05) is 0 Å². The highest BCUT2D eigenvalue weighted by Crippen LogP contribution is 2.53. The van der Waals surface area contributed by atoms with Gasteiger partial charge in [0.05, 0.1) is 27.7 Å². The summed E-state index contributed by atoms with van der Waals surface area (Å²) in [6.45, 7) is 1.86. The normalized spacial score (nSPS) is 17.2. The Morgan fingerprint density at radius 3 is 1.52 bits per heavy atom. The summed E-state index contributed by atoms with van der Waals surface area (Å²) in [5.74, 6) is -2.40. The second kappa shape index (κ2) is 5.60. The average Bonchev–Trinajstić information content (AvgIpc) is 3.20. The van der Waals surface area contributed by atoms with Crippen molar-refractivity contribution in [2.24, 2.45) is 0 Å². The Morgan fingerprint density at radius 2 is 1.06 bits per heavy atom. The molecule has 0 amide bonds. The highest BCUT2D eigenvalue weighted by Gasteiger charge is 2.45. The van der Waals surface area contributed by atoms with Crippen molar-refractivity contribution in [3.63, 3.8) is 0 Å². The first-order valence-corrected chi connectivity index (χ1v) is 9.21. The van der Waals surface area contributed by atoms with E-state index in [9.17, 15) is 19.2 Å². The number of rotatable bonds is 1. The molecule has 1 aromatic heterocycles. The third-order valence-corrected chi connectivity index (χ3v) is 5.93. The van der Waals surface area contributed by atoms with Crippen LogP contribution in [0.3, 0.4) is 0 Å². The van der Waals surface area contributed by atoms with Crippen molar-refractivity contribution in [1.82, 2.24) is 9.97 Å². The molecule has 3 aliphatic rings. The molecule has 0 atom stereocenters. The molecular weight excluding hydrogens is 404 g/mol. The number of fused-ring (bicyclic) bond motifs is 4. The predicted molar refractivity (Wildman–Crippen MR) is 100 cm³/mol. The van der Waals surface area contributed by atoms with Crippen LogP contribution in [-0.4, -0.2) is 33.8 Å². The molecule has 9 heteroatoms. The lowest BCUT2D eigenvalue weighted by Gasteiger charge is -2.37. The number of hydrogen-bond donors (Lipinski definition) is 0. The maximum absolute atomic E-state index is 12.2. The van der Waals surface area contributed by atoms with E-state index in [-0.39, 0.29) is 22.3 Å². The zero-order valence-electron chi connectivity index (χ0n) is 15.8. The molecule has 0 aliphatic carbocycles. The molecule has 0 saturated heterocycles. The molecule has 0 N–H and O–H groups in total.